The molecular weight excluding hydrogens is 170 g/mol. The molecule has 2 aliphatic rings. The Balaban J connectivity index is 1.70. The molecule has 0 aromatic heterocycles. The van der Waals surface area contributed by atoms with Gasteiger partial charge in [-0.3, -0.25) is 0 Å². The van der Waals surface area contributed by atoms with E-state index in [-0.39, 0.29) is 0 Å². The van der Waals surface area contributed by atoms with Crippen LogP contribution in [0.3, 0.4) is 0 Å². The highest BCUT2D eigenvalue weighted by molar-refractivity contribution is 4.83. The van der Waals surface area contributed by atoms with Crippen molar-refractivity contribution in [3.8, 4) is 0 Å². The molecule has 1 heteroatoms. The molecule has 0 saturated heterocycles. The number of rotatable bonds is 4. The molecule has 3 atom stereocenters. The lowest BCUT2D eigenvalue weighted by Gasteiger charge is -2.32. The normalized spacial score (nSPS) is 35.6. The van der Waals surface area contributed by atoms with Crippen LogP contribution in [0.25, 0.3) is 0 Å². The fourth-order valence-electron chi connectivity index (χ4n) is 2.85. The zero-order chi connectivity index (χ0) is 9.97. The first-order valence-corrected chi connectivity index (χ1v) is 6.51. The molecule has 1 N–H and O–H groups in total. The Morgan fingerprint density at radius 3 is 2.50 bits per heavy atom. The maximum atomic E-state index is 3.84. The van der Waals surface area contributed by atoms with Gasteiger partial charge in [-0.15, -0.1) is 0 Å². The van der Waals surface area contributed by atoms with Crippen molar-refractivity contribution in [1.82, 2.24) is 5.32 Å². The van der Waals surface area contributed by atoms with Crippen LogP contribution in [-0.2, 0) is 0 Å². The Labute approximate surface area is 88.7 Å². The summed E-state index contributed by atoms with van der Waals surface area (Å²) in [5.74, 6) is 1.97. The van der Waals surface area contributed by atoms with Crippen LogP contribution in [0.5, 0.6) is 0 Å². The molecule has 0 aromatic rings. The van der Waals surface area contributed by atoms with Gasteiger partial charge >= 0.3 is 0 Å². The number of hydrogen-bond donors (Lipinski definition) is 1. The van der Waals surface area contributed by atoms with E-state index in [1.165, 1.54) is 44.9 Å². The monoisotopic (exact) mass is 195 g/mol. The van der Waals surface area contributed by atoms with Crippen molar-refractivity contribution in [2.24, 2.45) is 11.8 Å². The molecule has 2 saturated carbocycles. The van der Waals surface area contributed by atoms with Crippen molar-refractivity contribution in [1.29, 1.82) is 0 Å². The molecule has 0 radical (unpaired) electrons. The summed E-state index contributed by atoms with van der Waals surface area (Å²) in [6.07, 6.45) is 10.2. The molecular formula is C13H25N. The minimum atomic E-state index is 0.757. The standard InChI is InChI=1S/C13H25N/c1-10-5-3-4-6-13(10)14-11(2)9-12-7-8-12/h10-14H,3-9H2,1-2H3. The van der Waals surface area contributed by atoms with Crippen LogP contribution >= 0.6 is 0 Å². The van der Waals surface area contributed by atoms with Gasteiger partial charge in [-0.05, 0) is 38.0 Å². The molecule has 0 aromatic carbocycles. The zero-order valence-electron chi connectivity index (χ0n) is 9.76. The van der Waals surface area contributed by atoms with E-state index < -0.39 is 0 Å². The largest absolute Gasteiger partial charge is 0.311 e. The van der Waals surface area contributed by atoms with E-state index in [1.54, 1.807) is 0 Å². The predicted molar refractivity (Wildman–Crippen MR) is 61.4 cm³/mol. The average molecular weight is 195 g/mol. The molecule has 0 spiro atoms. The first kappa shape index (κ1) is 10.5. The molecule has 0 heterocycles. The molecule has 82 valence electrons. The Morgan fingerprint density at radius 1 is 1.14 bits per heavy atom. The summed E-state index contributed by atoms with van der Waals surface area (Å²) in [4.78, 5) is 0. The second-order valence-electron chi connectivity index (χ2n) is 5.62. The maximum absolute atomic E-state index is 3.84. The molecule has 2 rings (SSSR count). The first-order chi connectivity index (χ1) is 6.75. The van der Waals surface area contributed by atoms with Crippen LogP contribution < -0.4 is 5.32 Å². The average Bonchev–Trinajstić information content (AvgIpc) is 2.93. The molecule has 0 amide bonds. The van der Waals surface area contributed by atoms with Gasteiger partial charge in [0.15, 0.2) is 0 Å². The summed E-state index contributed by atoms with van der Waals surface area (Å²) < 4.78 is 0. The highest BCUT2D eigenvalue weighted by Gasteiger charge is 2.26. The van der Waals surface area contributed by atoms with E-state index in [1.807, 2.05) is 0 Å². The lowest BCUT2D eigenvalue weighted by molar-refractivity contribution is 0.256. The highest BCUT2D eigenvalue weighted by atomic mass is 15.0. The van der Waals surface area contributed by atoms with Crippen molar-refractivity contribution in [2.75, 3.05) is 0 Å². The van der Waals surface area contributed by atoms with Gasteiger partial charge in [0.25, 0.3) is 0 Å². The van der Waals surface area contributed by atoms with E-state index in [4.69, 9.17) is 0 Å². The van der Waals surface area contributed by atoms with Crippen LogP contribution in [0.15, 0.2) is 0 Å². The Morgan fingerprint density at radius 2 is 1.86 bits per heavy atom. The summed E-state index contributed by atoms with van der Waals surface area (Å²) in [6, 6.07) is 1.57. The fourth-order valence-corrected chi connectivity index (χ4v) is 2.85. The van der Waals surface area contributed by atoms with Gasteiger partial charge in [0.2, 0.25) is 0 Å². The van der Waals surface area contributed by atoms with Gasteiger partial charge < -0.3 is 5.32 Å². The summed E-state index contributed by atoms with van der Waals surface area (Å²) >= 11 is 0. The van der Waals surface area contributed by atoms with E-state index in [2.05, 4.69) is 19.2 Å². The molecule has 1 nitrogen and oxygen atoms in total. The summed E-state index contributed by atoms with van der Waals surface area (Å²) in [6.45, 7) is 4.79. The predicted octanol–water partition coefficient (Wildman–Crippen LogP) is 3.34. The summed E-state index contributed by atoms with van der Waals surface area (Å²) in [5.41, 5.74) is 0. The zero-order valence-corrected chi connectivity index (χ0v) is 9.76. The highest BCUT2D eigenvalue weighted by Crippen LogP contribution is 2.34. The minimum absolute atomic E-state index is 0.757. The van der Waals surface area contributed by atoms with Crippen molar-refractivity contribution in [3.05, 3.63) is 0 Å². The lowest BCUT2D eigenvalue weighted by atomic mass is 9.85. The van der Waals surface area contributed by atoms with Gasteiger partial charge in [-0.2, -0.15) is 0 Å². The van der Waals surface area contributed by atoms with Crippen LogP contribution in [0.4, 0.5) is 0 Å². The van der Waals surface area contributed by atoms with E-state index in [0.29, 0.717) is 0 Å². The lowest BCUT2D eigenvalue weighted by Crippen LogP contribution is -2.42. The Kier molecular flexibility index (Phi) is 3.48. The van der Waals surface area contributed by atoms with Gasteiger partial charge in [0.05, 0.1) is 0 Å². The molecule has 2 aliphatic carbocycles. The second kappa shape index (κ2) is 4.65. The Bertz CT molecular complexity index is 174. The quantitative estimate of drug-likeness (QED) is 0.725. The first-order valence-electron chi connectivity index (χ1n) is 6.51. The third kappa shape index (κ3) is 2.98. The summed E-state index contributed by atoms with van der Waals surface area (Å²) in [7, 11) is 0. The van der Waals surface area contributed by atoms with Gasteiger partial charge in [0.1, 0.15) is 0 Å². The van der Waals surface area contributed by atoms with Crippen LogP contribution in [0.2, 0.25) is 0 Å². The van der Waals surface area contributed by atoms with Gasteiger partial charge in [-0.25, -0.2) is 0 Å². The molecule has 0 aliphatic heterocycles. The van der Waals surface area contributed by atoms with Gasteiger partial charge in [0, 0.05) is 12.1 Å². The van der Waals surface area contributed by atoms with Gasteiger partial charge in [-0.1, -0.05) is 32.6 Å². The SMILES string of the molecule is CC(CC1CC1)NC1CCCCC1C. The van der Waals surface area contributed by atoms with Crippen molar-refractivity contribution in [3.63, 3.8) is 0 Å². The third-order valence-corrected chi connectivity index (χ3v) is 3.99. The van der Waals surface area contributed by atoms with E-state index >= 15 is 0 Å². The smallest absolute Gasteiger partial charge is 0.00951 e. The number of hydrogen-bond acceptors (Lipinski definition) is 1. The minimum Gasteiger partial charge on any atom is -0.311 e. The number of nitrogens with one attached hydrogen (secondary N) is 1. The fraction of sp³-hybridized carbons (Fsp3) is 1.00. The molecule has 14 heavy (non-hydrogen) atoms. The maximum Gasteiger partial charge on any atom is 0.00951 e. The Hall–Kier alpha value is -0.0400. The van der Waals surface area contributed by atoms with Crippen LogP contribution in [0.1, 0.15) is 58.8 Å². The third-order valence-electron chi connectivity index (χ3n) is 3.99. The molecule has 3 unspecified atom stereocenters. The van der Waals surface area contributed by atoms with Crippen LogP contribution in [-0.4, -0.2) is 12.1 Å². The molecule has 2 fully saturated rings. The topological polar surface area (TPSA) is 12.0 Å². The van der Waals surface area contributed by atoms with Crippen molar-refractivity contribution >= 4 is 0 Å². The molecule has 0 bridgehead atoms. The van der Waals surface area contributed by atoms with Crippen molar-refractivity contribution < 1.29 is 0 Å². The second-order valence-corrected chi connectivity index (χ2v) is 5.62. The summed E-state index contributed by atoms with van der Waals surface area (Å²) in [5, 5.41) is 3.84. The van der Waals surface area contributed by atoms with E-state index in [9.17, 15) is 0 Å². The van der Waals surface area contributed by atoms with Crippen LogP contribution in [0, 0.1) is 11.8 Å². The van der Waals surface area contributed by atoms with E-state index in [0.717, 1.165) is 23.9 Å². The van der Waals surface area contributed by atoms with Crippen molar-refractivity contribution in [2.45, 2.75) is 70.9 Å².